The number of nitrogens with one attached hydrogen (secondary N) is 1. The maximum atomic E-state index is 14.5. The molecule has 1 fully saturated rings. The number of carbonyl (C=O) groups is 1. The number of hydrogen-bond acceptors (Lipinski definition) is 7. The van der Waals surface area contributed by atoms with Crippen LogP contribution in [0.2, 0.25) is 0 Å². The number of aromatic nitrogens is 4. The molecule has 1 N–H and O–H groups in total. The molecule has 9 nitrogen and oxygen atoms in total. The lowest BCUT2D eigenvalue weighted by Crippen LogP contribution is -2.48. The van der Waals surface area contributed by atoms with Crippen molar-refractivity contribution in [1.82, 2.24) is 29.6 Å². The molecule has 1 aromatic carbocycles. The quantitative estimate of drug-likeness (QED) is 0.476. The van der Waals surface area contributed by atoms with Crippen molar-refractivity contribution in [1.29, 1.82) is 0 Å². The average Bonchev–Trinajstić information content (AvgIpc) is 3.17. The normalized spacial score (nSPS) is 20.6. The molecule has 0 unspecified atom stereocenters. The summed E-state index contributed by atoms with van der Waals surface area (Å²) in [5, 5.41) is 2.51. The molecule has 15 heteroatoms. The van der Waals surface area contributed by atoms with Gasteiger partial charge >= 0.3 is 6.18 Å². The van der Waals surface area contributed by atoms with E-state index in [0.29, 0.717) is 6.20 Å². The molecule has 2 aromatic heterocycles. The Morgan fingerprint density at radius 2 is 1.78 bits per heavy atom. The van der Waals surface area contributed by atoms with Gasteiger partial charge in [0.2, 0.25) is 15.9 Å². The van der Waals surface area contributed by atoms with Crippen LogP contribution < -0.4 is 5.32 Å². The molecule has 3 aromatic rings. The Labute approximate surface area is 207 Å². The zero-order chi connectivity index (χ0) is 27.0. The number of rotatable bonds is 6. The van der Waals surface area contributed by atoms with E-state index in [9.17, 15) is 35.2 Å². The van der Waals surface area contributed by atoms with E-state index in [1.807, 2.05) is 0 Å². The number of carbonyl (C=O) groups excluding carboxylic acids is 1. The van der Waals surface area contributed by atoms with Crippen molar-refractivity contribution in [2.75, 3.05) is 0 Å². The minimum atomic E-state index is -4.65. The van der Waals surface area contributed by atoms with E-state index in [1.54, 1.807) is 0 Å². The van der Waals surface area contributed by atoms with Gasteiger partial charge in [0.1, 0.15) is 30.1 Å². The highest BCUT2D eigenvalue weighted by atomic mass is 32.2. The number of benzene rings is 1. The first kappa shape index (κ1) is 26.5. The molecule has 4 rings (SSSR count). The van der Waals surface area contributed by atoms with Crippen LogP contribution in [-0.4, -0.2) is 56.8 Å². The molecular weight excluding hydrogens is 523 g/mol. The molecule has 3 atom stereocenters. The minimum Gasteiger partial charge on any atom is -0.349 e. The Balaban J connectivity index is 1.49. The zero-order valence-electron chi connectivity index (χ0n) is 19.0. The molecule has 3 heterocycles. The van der Waals surface area contributed by atoms with Gasteiger partial charge in [-0.3, -0.25) is 9.78 Å². The largest absolute Gasteiger partial charge is 0.434 e. The number of nitrogens with zero attached hydrogens (tertiary/aromatic N) is 5. The number of halogens is 5. The van der Waals surface area contributed by atoms with Crippen LogP contribution in [0.1, 0.15) is 24.7 Å². The highest BCUT2D eigenvalue weighted by Gasteiger charge is 2.49. The smallest absolute Gasteiger partial charge is 0.349 e. The van der Waals surface area contributed by atoms with Gasteiger partial charge in [-0.1, -0.05) is 0 Å². The van der Waals surface area contributed by atoms with Crippen molar-refractivity contribution in [3.05, 3.63) is 66.3 Å². The van der Waals surface area contributed by atoms with E-state index in [2.05, 4.69) is 25.3 Å². The molecule has 37 heavy (non-hydrogen) atoms. The van der Waals surface area contributed by atoms with Crippen LogP contribution in [0.5, 0.6) is 0 Å². The Morgan fingerprint density at radius 3 is 2.41 bits per heavy atom. The summed E-state index contributed by atoms with van der Waals surface area (Å²) in [6.45, 7) is 1.12. The number of hydrogen-bond donors (Lipinski definition) is 1. The van der Waals surface area contributed by atoms with Gasteiger partial charge in [0.05, 0.1) is 41.3 Å². The van der Waals surface area contributed by atoms with Crippen molar-refractivity contribution in [3.8, 4) is 11.4 Å². The predicted molar refractivity (Wildman–Crippen MR) is 118 cm³/mol. The number of amides is 1. The molecule has 1 saturated heterocycles. The topological polar surface area (TPSA) is 118 Å². The third kappa shape index (κ3) is 5.56. The third-order valence-electron chi connectivity index (χ3n) is 5.74. The van der Waals surface area contributed by atoms with Gasteiger partial charge in [0, 0.05) is 6.42 Å². The highest BCUT2D eigenvalue weighted by molar-refractivity contribution is 7.89. The van der Waals surface area contributed by atoms with Crippen LogP contribution in [0.3, 0.4) is 0 Å². The molecule has 0 saturated carbocycles. The van der Waals surface area contributed by atoms with E-state index in [0.717, 1.165) is 41.1 Å². The van der Waals surface area contributed by atoms with Crippen molar-refractivity contribution >= 4 is 15.9 Å². The van der Waals surface area contributed by atoms with Crippen molar-refractivity contribution in [2.45, 2.75) is 49.2 Å². The van der Waals surface area contributed by atoms with E-state index in [-0.39, 0.29) is 34.9 Å². The van der Waals surface area contributed by atoms with Gasteiger partial charge < -0.3 is 5.32 Å². The van der Waals surface area contributed by atoms with Gasteiger partial charge in [-0.25, -0.2) is 32.2 Å². The second kappa shape index (κ2) is 10.0. The Kier molecular flexibility index (Phi) is 7.19. The molecule has 1 aliphatic rings. The summed E-state index contributed by atoms with van der Waals surface area (Å²) in [4.78, 5) is 27.6. The maximum Gasteiger partial charge on any atom is 0.434 e. The average molecular weight is 542 g/mol. The van der Waals surface area contributed by atoms with Gasteiger partial charge in [-0.05, 0) is 37.3 Å². The van der Waals surface area contributed by atoms with Gasteiger partial charge in [0.15, 0.2) is 5.69 Å². The molecule has 1 amide bonds. The fourth-order valence-electron chi connectivity index (χ4n) is 3.83. The lowest BCUT2D eigenvalue weighted by Gasteiger charge is -2.26. The predicted octanol–water partition coefficient (Wildman–Crippen LogP) is 2.90. The summed E-state index contributed by atoms with van der Waals surface area (Å²) < 4.78 is 93.0. The van der Waals surface area contributed by atoms with Crippen LogP contribution in [0.25, 0.3) is 11.4 Å². The van der Waals surface area contributed by atoms with Gasteiger partial charge in [-0.2, -0.15) is 17.5 Å². The summed E-state index contributed by atoms with van der Waals surface area (Å²) in [5.41, 5.74) is -0.769. The highest BCUT2D eigenvalue weighted by Crippen LogP contribution is 2.33. The molecular formula is C22H19F5N6O3S. The molecule has 0 bridgehead atoms. The summed E-state index contributed by atoms with van der Waals surface area (Å²) in [6, 6.07) is 2.80. The monoisotopic (exact) mass is 542 g/mol. The summed E-state index contributed by atoms with van der Waals surface area (Å²) in [6.07, 6.45) is -4.09. The SMILES string of the molecule is C[C@H]1[C@H](F)C[C@@H](C(=O)NCc2cc(-c3cnc(C(F)(F)F)cn3)ncn2)N1S(=O)(=O)c1ccc(F)cc1. The molecule has 0 radical (unpaired) electrons. The Bertz CT molecular complexity index is 1390. The van der Waals surface area contributed by atoms with E-state index < -0.39 is 51.9 Å². The maximum absolute atomic E-state index is 14.5. The van der Waals surface area contributed by atoms with Crippen LogP contribution in [0.15, 0.2) is 53.9 Å². The summed E-state index contributed by atoms with van der Waals surface area (Å²) >= 11 is 0. The van der Waals surface area contributed by atoms with Crippen LogP contribution in [0, 0.1) is 5.82 Å². The van der Waals surface area contributed by atoms with Crippen LogP contribution in [0.4, 0.5) is 22.0 Å². The zero-order valence-corrected chi connectivity index (χ0v) is 19.8. The Morgan fingerprint density at radius 1 is 1.08 bits per heavy atom. The molecule has 0 spiro atoms. The van der Waals surface area contributed by atoms with Crippen LogP contribution >= 0.6 is 0 Å². The fourth-order valence-corrected chi connectivity index (χ4v) is 5.64. The van der Waals surface area contributed by atoms with Crippen molar-refractivity contribution in [2.24, 2.45) is 0 Å². The minimum absolute atomic E-state index is 0.0319. The van der Waals surface area contributed by atoms with Crippen LogP contribution in [-0.2, 0) is 27.5 Å². The lowest BCUT2D eigenvalue weighted by molar-refractivity contribution is -0.141. The molecule has 0 aliphatic carbocycles. The van der Waals surface area contributed by atoms with E-state index >= 15 is 0 Å². The standard InChI is InChI=1S/C22H19F5N6O3S/c1-12-16(24)7-19(33(12)37(35,36)15-4-2-13(23)3-5-15)21(34)30-8-14-6-17(32-11-31-14)18-9-29-20(10-28-18)22(25,26)27/h2-6,9-12,16,19H,7-8H2,1H3,(H,30,34)/t12-,16+,19-/m0/s1. The lowest BCUT2D eigenvalue weighted by atomic mass is 10.1. The van der Waals surface area contributed by atoms with Crippen molar-refractivity contribution < 1.29 is 35.2 Å². The number of alkyl halides is 4. The second-order valence-electron chi connectivity index (χ2n) is 8.19. The van der Waals surface area contributed by atoms with Gasteiger partial charge in [0.25, 0.3) is 0 Å². The fraction of sp³-hybridized carbons (Fsp3) is 0.318. The first-order valence-electron chi connectivity index (χ1n) is 10.8. The number of sulfonamides is 1. The van der Waals surface area contributed by atoms with E-state index in [1.165, 1.54) is 13.0 Å². The third-order valence-corrected chi connectivity index (χ3v) is 7.75. The summed E-state index contributed by atoms with van der Waals surface area (Å²) in [7, 11) is -4.33. The second-order valence-corrected chi connectivity index (χ2v) is 10.0. The van der Waals surface area contributed by atoms with E-state index in [4.69, 9.17) is 0 Å². The molecule has 1 aliphatic heterocycles. The molecule has 196 valence electrons. The first-order valence-corrected chi connectivity index (χ1v) is 12.2. The Hall–Kier alpha value is -3.59. The van der Waals surface area contributed by atoms with Crippen molar-refractivity contribution in [3.63, 3.8) is 0 Å². The first-order chi connectivity index (χ1) is 17.4. The van der Waals surface area contributed by atoms with Gasteiger partial charge in [-0.15, -0.1) is 0 Å². The summed E-state index contributed by atoms with van der Waals surface area (Å²) in [5.74, 6) is -1.44.